The molecule has 0 heterocycles. The first-order chi connectivity index (χ1) is 12.9. The van der Waals surface area contributed by atoms with Gasteiger partial charge in [-0.2, -0.15) is 0 Å². The molecular weight excluding hydrogens is 328 g/mol. The highest BCUT2D eigenvalue weighted by Crippen LogP contribution is 2.67. The standard InChI is InChI=1S/C26H34O/c1-17-15-19-16-20(27)11-13-25(19,2)23-12-14-26(3)21(9-10-22(26)24(17)23)18-7-5-4-6-8-18/h4-9,15,17,20,22-24,27H,10-14,16H2,1-3H3/t17-,20-,22-,23-,24-,25-,26+/m0/s1. The van der Waals surface area contributed by atoms with Crippen LogP contribution >= 0.6 is 0 Å². The summed E-state index contributed by atoms with van der Waals surface area (Å²) in [4.78, 5) is 0. The van der Waals surface area contributed by atoms with Crippen molar-refractivity contribution in [3.8, 4) is 0 Å². The van der Waals surface area contributed by atoms with E-state index in [0.717, 1.165) is 30.6 Å². The summed E-state index contributed by atoms with van der Waals surface area (Å²) in [5.41, 5.74) is 5.28. The minimum absolute atomic E-state index is 0.111. The van der Waals surface area contributed by atoms with Crippen LogP contribution < -0.4 is 0 Å². The molecule has 1 aromatic carbocycles. The Hall–Kier alpha value is -1.34. The van der Waals surface area contributed by atoms with Gasteiger partial charge in [0.05, 0.1) is 6.10 Å². The molecule has 1 nitrogen and oxygen atoms in total. The first-order valence-electron chi connectivity index (χ1n) is 11.1. The first kappa shape index (κ1) is 17.7. The van der Waals surface area contributed by atoms with E-state index in [9.17, 15) is 5.11 Å². The summed E-state index contributed by atoms with van der Waals surface area (Å²) in [5.74, 6) is 2.98. The summed E-state index contributed by atoms with van der Waals surface area (Å²) in [5, 5.41) is 10.2. The van der Waals surface area contributed by atoms with Crippen molar-refractivity contribution in [1.82, 2.24) is 0 Å². The molecule has 0 unspecified atom stereocenters. The SMILES string of the molecule is C[C@H]1C=C2C[C@@H](O)CC[C@]2(C)[C@H]2CC[C@]3(C)C(c4ccccc4)=CC[C@H]3[C@H]12. The minimum Gasteiger partial charge on any atom is -0.393 e. The lowest BCUT2D eigenvalue weighted by Gasteiger charge is -2.59. The molecule has 0 bridgehead atoms. The number of allylic oxidation sites excluding steroid dienone is 3. The van der Waals surface area contributed by atoms with Gasteiger partial charge in [-0.05, 0) is 84.2 Å². The van der Waals surface area contributed by atoms with Crippen molar-refractivity contribution >= 4 is 5.57 Å². The van der Waals surface area contributed by atoms with Gasteiger partial charge in [0.1, 0.15) is 0 Å². The smallest absolute Gasteiger partial charge is 0.0577 e. The maximum atomic E-state index is 10.2. The third-order valence-electron chi connectivity index (χ3n) is 9.07. The van der Waals surface area contributed by atoms with E-state index in [-0.39, 0.29) is 6.10 Å². The molecule has 0 aromatic heterocycles. The zero-order valence-electron chi connectivity index (χ0n) is 17.1. The van der Waals surface area contributed by atoms with Crippen LogP contribution in [0.1, 0.15) is 64.9 Å². The van der Waals surface area contributed by atoms with Gasteiger partial charge in [-0.1, -0.05) is 68.8 Å². The molecule has 1 N–H and O–H groups in total. The third-order valence-corrected chi connectivity index (χ3v) is 9.07. The number of aliphatic hydroxyl groups is 1. The molecule has 0 saturated heterocycles. The number of rotatable bonds is 1. The van der Waals surface area contributed by atoms with Gasteiger partial charge in [0, 0.05) is 0 Å². The van der Waals surface area contributed by atoms with Crippen LogP contribution in [0.4, 0.5) is 0 Å². The Kier molecular flexibility index (Phi) is 3.99. The van der Waals surface area contributed by atoms with Crippen LogP contribution in [0.3, 0.4) is 0 Å². The van der Waals surface area contributed by atoms with Crippen LogP contribution in [0, 0.1) is 34.5 Å². The Morgan fingerprint density at radius 3 is 2.48 bits per heavy atom. The van der Waals surface area contributed by atoms with Gasteiger partial charge in [-0.25, -0.2) is 0 Å². The lowest BCUT2D eigenvalue weighted by Crippen LogP contribution is -2.52. The molecule has 0 radical (unpaired) electrons. The zero-order chi connectivity index (χ0) is 18.8. The van der Waals surface area contributed by atoms with Crippen molar-refractivity contribution in [3.63, 3.8) is 0 Å². The Morgan fingerprint density at radius 2 is 1.70 bits per heavy atom. The number of benzene rings is 1. The summed E-state index contributed by atoms with van der Waals surface area (Å²) in [7, 11) is 0. The quantitative estimate of drug-likeness (QED) is 0.585. The number of fused-ring (bicyclic) bond motifs is 5. The molecule has 27 heavy (non-hydrogen) atoms. The summed E-state index contributed by atoms with van der Waals surface area (Å²) >= 11 is 0. The Labute approximate surface area is 164 Å². The Bertz CT molecular complexity index is 790. The van der Waals surface area contributed by atoms with Gasteiger partial charge < -0.3 is 5.11 Å². The number of hydrogen-bond acceptors (Lipinski definition) is 1. The first-order valence-corrected chi connectivity index (χ1v) is 11.1. The van der Waals surface area contributed by atoms with Crippen LogP contribution in [-0.4, -0.2) is 11.2 Å². The highest BCUT2D eigenvalue weighted by molar-refractivity contribution is 5.73. The van der Waals surface area contributed by atoms with Crippen molar-refractivity contribution in [3.05, 3.63) is 53.6 Å². The molecule has 0 spiro atoms. The third kappa shape index (κ3) is 2.47. The second-order valence-corrected chi connectivity index (χ2v) is 10.3. The largest absolute Gasteiger partial charge is 0.393 e. The average molecular weight is 363 g/mol. The molecule has 0 aliphatic heterocycles. The highest BCUT2D eigenvalue weighted by atomic mass is 16.3. The van der Waals surface area contributed by atoms with Crippen molar-refractivity contribution in [2.75, 3.05) is 0 Å². The van der Waals surface area contributed by atoms with Gasteiger partial charge >= 0.3 is 0 Å². The van der Waals surface area contributed by atoms with E-state index in [2.05, 4.69) is 63.3 Å². The van der Waals surface area contributed by atoms with Gasteiger partial charge in [-0.15, -0.1) is 0 Å². The molecule has 1 heteroatoms. The summed E-state index contributed by atoms with van der Waals surface area (Å²) in [6.45, 7) is 7.54. The van der Waals surface area contributed by atoms with Crippen LogP contribution in [0.15, 0.2) is 48.1 Å². The van der Waals surface area contributed by atoms with Gasteiger partial charge in [0.15, 0.2) is 0 Å². The van der Waals surface area contributed by atoms with Crippen molar-refractivity contribution in [2.45, 2.75) is 65.4 Å². The molecule has 0 amide bonds. The zero-order valence-corrected chi connectivity index (χ0v) is 17.1. The van der Waals surface area contributed by atoms with E-state index in [0.29, 0.717) is 16.7 Å². The second-order valence-electron chi connectivity index (χ2n) is 10.3. The van der Waals surface area contributed by atoms with Crippen molar-refractivity contribution in [1.29, 1.82) is 0 Å². The summed E-state index contributed by atoms with van der Waals surface area (Å²) < 4.78 is 0. The van der Waals surface area contributed by atoms with E-state index in [1.54, 1.807) is 11.1 Å². The molecule has 4 aliphatic carbocycles. The molecule has 2 saturated carbocycles. The van der Waals surface area contributed by atoms with Gasteiger partial charge in [-0.3, -0.25) is 0 Å². The minimum atomic E-state index is -0.111. The fourth-order valence-electron chi connectivity index (χ4n) is 7.64. The van der Waals surface area contributed by atoms with E-state index in [4.69, 9.17) is 0 Å². The predicted octanol–water partition coefficient (Wildman–Crippen LogP) is 6.25. The molecule has 7 atom stereocenters. The van der Waals surface area contributed by atoms with Gasteiger partial charge in [0.25, 0.3) is 0 Å². The fraction of sp³-hybridized carbons (Fsp3) is 0.615. The predicted molar refractivity (Wildman–Crippen MR) is 112 cm³/mol. The average Bonchev–Trinajstić information content (AvgIpc) is 3.01. The Morgan fingerprint density at radius 1 is 0.963 bits per heavy atom. The maximum absolute atomic E-state index is 10.2. The van der Waals surface area contributed by atoms with Crippen LogP contribution in [0.2, 0.25) is 0 Å². The lowest BCUT2D eigenvalue weighted by atomic mass is 9.45. The summed E-state index contributed by atoms with van der Waals surface area (Å²) in [6, 6.07) is 11.1. The van der Waals surface area contributed by atoms with Crippen molar-refractivity contribution < 1.29 is 5.11 Å². The van der Waals surface area contributed by atoms with Crippen molar-refractivity contribution in [2.24, 2.45) is 34.5 Å². The van der Waals surface area contributed by atoms with E-state index in [1.807, 2.05) is 0 Å². The normalized spacial score (nSPS) is 46.0. The van der Waals surface area contributed by atoms with E-state index < -0.39 is 0 Å². The van der Waals surface area contributed by atoms with E-state index in [1.165, 1.54) is 31.2 Å². The number of aliphatic hydroxyl groups excluding tert-OH is 1. The van der Waals surface area contributed by atoms with Crippen LogP contribution in [0.25, 0.3) is 5.57 Å². The molecule has 5 rings (SSSR count). The monoisotopic (exact) mass is 362 g/mol. The lowest BCUT2D eigenvalue weighted by molar-refractivity contribution is -0.0425. The Balaban J connectivity index is 1.52. The second kappa shape index (κ2) is 6.08. The molecular formula is C26H34O. The number of hydrogen-bond donors (Lipinski definition) is 1. The molecule has 4 aliphatic rings. The highest BCUT2D eigenvalue weighted by Gasteiger charge is 2.58. The topological polar surface area (TPSA) is 20.2 Å². The van der Waals surface area contributed by atoms with E-state index >= 15 is 0 Å². The van der Waals surface area contributed by atoms with Crippen LogP contribution in [0.5, 0.6) is 0 Å². The molecule has 2 fully saturated rings. The van der Waals surface area contributed by atoms with Gasteiger partial charge in [0.2, 0.25) is 0 Å². The fourth-order valence-corrected chi connectivity index (χ4v) is 7.64. The van der Waals surface area contributed by atoms with Crippen LogP contribution in [-0.2, 0) is 0 Å². The summed E-state index contributed by atoms with van der Waals surface area (Å²) in [6.07, 6.45) is 12.0. The maximum Gasteiger partial charge on any atom is 0.0577 e. The molecule has 144 valence electrons. The molecule has 1 aromatic rings.